The maximum Gasteiger partial charge on any atom is 0.306 e. The first-order valence-corrected chi connectivity index (χ1v) is 28.5. The molecule has 0 aromatic heterocycles. The zero-order valence-corrected chi connectivity index (χ0v) is 43.5. The molecule has 0 aliphatic rings. The SMILES string of the molecule is CCCCCC/C=C\CCCCCCCCCC(=O)OC[C@@H](COC(=O)CCCCCCCCC/C=C\CCCCCCCC)OC(=O)CCCCCCCCC/C=C\CCCCCC. The summed E-state index contributed by atoms with van der Waals surface area (Å²) in [7, 11) is 0. The fourth-order valence-electron chi connectivity index (χ4n) is 8.25. The summed E-state index contributed by atoms with van der Waals surface area (Å²) < 4.78 is 16.9. The van der Waals surface area contributed by atoms with Crippen molar-refractivity contribution in [2.24, 2.45) is 0 Å². The van der Waals surface area contributed by atoms with E-state index in [9.17, 15) is 14.4 Å². The third-order valence-corrected chi connectivity index (χ3v) is 12.6. The third-order valence-electron chi connectivity index (χ3n) is 12.6. The highest BCUT2D eigenvalue weighted by Crippen LogP contribution is 2.15. The number of allylic oxidation sites excluding steroid dienone is 6. The van der Waals surface area contributed by atoms with Gasteiger partial charge in [-0.15, -0.1) is 0 Å². The van der Waals surface area contributed by atoms with Crippen LogP contribution in [0, 0.1) is 0 Å². The fraction of sp³-hybridized carbons (Fsp3) is 0.847. The van der Waals surface area contributed by atoms with Crippen LogP contribution in [-0.2, 0) is 28.6 Å². The van der Waals surface area contributed by atoms with Gasteiger partial charge in [0.05, 0.1) is 0 Å². The normalized spacial score (nSPS) is 12.2. The highest BCUT2D eigenvalue weighted by molar-refractivity contribution is 5.71. The molecule has 0 radical (unpaired) electrons. The fourth-order valence-corrected chi connectivity index (χ4v) is 8.25. The zero-order valence-electron chi connectivity index (χ0n) is 43.5. The van der Waals surface area contributed by atoms with Crippen LogP contribution in [0.5, 0.6) is 0 Å². The van der Waals surface area contributed by atoms with Crippen molar-refractivity contribution in [3.05, 3.63) is 36.5 Å². The lowest BCUT2D eigenvalue weighted by Crippen LogP contribution is -2.30. The van der Waals surface area contributed by atoms with Gasteiger partial charge >= 0.3 is 17.9 Å². The van der Waals surface area contributed by atoms with Crippen molar-refractivity contribution in [1.29, 1.82) is 0 Å². The molecule has 0 aromatic carbocycles. The largest absolute Gasteiger partial charge is 0.462 e. The summed E-state index contributed by atoms with van der Waals surface area (Å²) in [6.45, 7) is 6.63. The Morgan fingerprint density at radius 1 is 0.292 bits per heavy atom. The molecule has 0 aliphatic carbocycles. The third kappa shape index (κ3) is 52.5. The van der Waals surface area contributed by atoms with Crippen molar-refractivity contribution < 1.29 is 28.6 Å². The van der Waals surface area contributed by atoms with E-state index in [1.54, 1.807) is 0 Å². The molecule has 0 spiro atoms. The first-order chi connectivity index (χ1) is 32.0. The molecule has 0 saturated carbocycles. The number of esters is 3. The average Bonchev–Trinajstić information content (AvgIpc) is 3.30. The van der Waals surface area contributed by atoms with Crippen LogP contribution < -0.4 is 0 Å². The molecule has 0 aliphatic heterocycles. The van der Waals surface area contributed by atoms with E-state index in [4.69, 9.17) is 14.2 Å². The number of rotatable bonds is 52. The number of unbranched alkanes of at least 4 members (excludes halogenated alkanes) is 35. The highest BCUT2D eigenvalue weighted by atomic mass is 16.6. The molecule has 0 amide bonds. The van der Waals surface area contributed by atoms with E-state index in [2.05, 4.69) is 57.2 Å². The number of hydrogen-bond acceptors (Lipinski definition) is 6. The molecule has 0 N–H and O–H groups in total. The van der Waals surface area contributed by atoms with Crippen LogP contribution in [0.1, 0.15) is 303 Å². The van der Waals surface area contributed by atoms with Gasteiger partial charge in [-0.1, -0.05) is 224 Å². The van der Waals surface area contributed by atoms with E-state index >= 15 is 0 Å². The maximum absolute atomic E-state index is 12.8. The second kappa shape index (κ2) is 54.2. The number of carbonyl (C=O) groups is 3. The molecular weight excluding hydrogens is 805 g/mol. The van der Waals surface area contributed by atoms with Crippen molar-refractivity contribution in [1.82, 2.24) is 0 Å². The van der Waals surface area contributed by atoms with E-state index in [0.717, 1.165) is 57.8 Å². The Morgan fingerprint density at radius 2 is 0.508 bits per heavy atom. The average molecular weight is 914 g/mol. The minimum absolute atomic E-state index is 0.0753. The van der Waals surface area contributed by atoms with Crippen molar-refractivity contribution in [2.75, 3.05) is 13.2 Å². The van der Waals surface area contributed by atoms with Gasteiger partial charge in [0, 0.05) is 19.3 Å². The number of ether oxygens (including phenoxy) is 3. The molecule has 0 bridgehead atoms. The van der Waals surface area contributed by atoms with Crippen LogP contribution in [0.4, 0.5) is 0 Å². The van der Waals surface area contributed by atoms with Crippen LogP contribution in [0.15, 0.2) is 36.5 Å². The molecule has 0 heterocycles. The number of hydrogen-bond donors (Lipinski definition) is 0. The van der Waals surface area contributed by atoms with E-state index < -0.39 is 6.10 Å². The molecule has 6 heteroatoms. The summed E-state index contributed by atoms with van der Waals surface area (Å²) in [5.74, 6) is -0.874. The molecular formula is C59H108O6. The molecule has 0 saturated heterocycles. The summed E-state index contributed by atoms with van der Waals surface area (Å²) in [6, 6.07) is 0. The molecule has 380 valence electrons. The van der Waals surface area contributed by atoms with Gasteiger partial charge in [0.2, 0.25) is 0 Å². The quantitative estimate of drug-likeness (QED) is 0.0262. The monoisotopic (exact) mass is 913 g/mol. The van der Waals surface area contributed by atoms with Gasteiger partial charge in [0.25, 0.3) is 0 Å². The van der Waals surface area contributed by atoms with Crippen molar-refractivity contribution in [2.45, 2.75) is 309 Å². The molecule has 0 aromatic rings. The van der Waals surface area contributed by atoms with E-state index in [1.807, 2.05) is 0 Å². The zero-order chi connectivity index (χ0) is 47.2. The molecule has 6 nitrogen and oxygen atoms in total. The van der Waals surface area contributed by atoms with Crippen molar-refractivity contribution >= 4 is 17.9 Å². The topological polar surface area (TPSA) is 78.9 Å². The lowest BCUT2D eigenvalue weighted by molar-refractivity contribution is -0.167. The molecule has 0 fully saturated rings. The van der Waals surface area contributed by atoms with Gasteiger partial charge in [-0.2, -0.15) is 0 Å². The first-order valence-electron chi connectivity index (χ1n) is 28.5. The van der Waals surface area contributed by atoms with E-state index in [1.165, 1.54) is 205 Å². The van der Waals surface area contributed by atoms with Gasteiger partial charge in [-0.05, 0) is 96.3 Å². The second-order valence-electron chi connectivity index (χ2n) is 19.2. The van der Waals surface area contributed by atoms with Gasteiger partial charge in [-0.3, -0.25) is 14.4 Å². The minimum Gasteiger partial charge on any atom is -0.462 e. The highest BCUT2D eigenvalue weighted by Gasteiger charge is 2.19. The van der Waals surface area contributed by atoms with Crippen molar-refractivity contribution in [3.8, 4) is 0 Å². The lowest BCUT2D eigenvalue weighted by Gasteiger charge is -2.18. The van der Waals surface area contributed by atoms with Crippen LogP contribution in [-0.4, -0.2) is 37.2 Å². The Bertz CT molecular complexity index is 1090. The minimum atomic E-state index is -0.776. The maximum atomic E-state index is 12.8. The van der Waals surface area contributed by atoms with Gasteiger partial charge in [-0.25, -0.2) is 0 Å². The summed E-state index contributed by atoms with van der Waals surface area (Å²) in [4.78, 5) is 38.1. The molecule has 0 rings (SSSR count). The van der Waals surface area contributed by atoms with Crippen molar-refractivity contribution in [3.63, 3.8) is 0 Å². The van der Waals surface area contributed by atoms with Gasteiger partial charge < -0.3 is 14.2 Å². The van der Waals surface area contributed by atoms with Gasteiger partial charge in [0.1, 0.15) is 13.2 Å². The summed E-state index contributed by atoms with van der Waals surface area (Å²) in [6.07, 6.45) is 64.1. The molecule has 65 heavy (non-hydrogen) atoms. The Labute approximate surface area is 404 Å². The predicted molar refractivity (Wildman–Crippen MR) is 279 cm³/mol. The van der Waals surface area contributed by atoms with Gasteiger partial charge in [0.15, 0.2) is 6.10 Å². The summed E-state index contributed by atoms with van der Waals surface area (Å²) in [5, 5.41) is 0. The first kappa shape index (κ1) is 62.6. The number of carbonyl (C=O) groups excluding carboxylic acids is 3. The Balaban J connectivity index is 4.36. The Morgan fingerprint density at radius 3 is 0.785 bits per heavy atom. The molecule has 0 unspecified atom stereocenters. The lowest BCUT2D eigenvalue weighted by atomic mass is 10.1. The second-order valence-corrected chi connectivity index (χ2v) is 19.2. The smallest absolute Gasteiger partial charge is 0.306 e. The van der Waals surface area contributed by atoms with Crippen LogP contribution >= 0.6 is 0 Å². The van der Waals surface area contributed by atoms with Crippen LogP contribution in [0.2, 0.25) is 0 Å². The van der Waals surface area contributed by atoms with Crippen LogP contribution in [0.25, 0.3) is 0 Å². The Hall–Kier alpha value is -2.37. The standard InChI is InChI=1S/C59H108O6/c1-4-7-10-13-16-19-22-25-28-29-32-34-37-40-43-46-49-52-58(61)64-55-56(65-59(62)53-50-47-44-41-38-35-31-27-24-21-18-15-12-9-6-3)54-63-57(60)51-48-45-42-39-36-33-30-26-23-20-17-14-11-8-5-2/h20-21,23-25,28,56H,4-19,22,26-27,29-55H2,1-3H3/b23-20-,24-21-,28-25-/t56-/m0/s1. The Kier molecular flexibility index (Phi) is 52.3. The summed E-state index contributed by atoms with van der Waals surface area (Å²) >= 11 is 0. The van der Waals surface area contributed by atoms with E-state index in [-0.39, 0.29) is 31.1 Å². The van der Waals surface area contributed by atoms with E-state index in [0.29, 0.717) is 19.3 Å². The summed E-state index contributed by atoms with van der Waals surface area (Å²) in [5.41, 5.74) is 0. The predicted octanol–water partition coefficient (Wildman–Crippen LogP) is 18.9. The van der Waals surface area contributed by atoms with Crippen LogP contribution in [0.3, 0.4) is 0 Å². The molecule has 1 atom stereocenters.